The quantitative estimate of drug-likeness (QED) is 0.181. The summed E-state index contributed by atoms with van der Waals surface area (Å²) >= 11 is 0. The Labute approximate surface area is 330 Å². The van der Waals surface area contributed by atoms with Crippen LogP contribution in [-0.4, -0.2) is 26.4 Å². The smallest absolute Gasteiger partial charge is 0.307 e. The second-order valence-corrected chi connectivity index (χ2v) is 24.0. The lowest BCUT2D eigenvalue weighted by Crippen LogP contribution is -2.45. The van der Waals surface area contributed by atoms with Crippen LogP contribution >= 0.6 is 15.2 Å². The van der Waals surface area contributed by atoms with Gasteiger partial charge in [0.2, 0.25) is 0 Å². The predicted molar refractivity (Wildman–Crippen MR) is 227 cm³/mol. The number of rotatable bonds is 6. The first kappa shape index (κ1) is 41.8. The van der Waals surface area contributed by atoms with Crippen molar-refractivity contribution < 1.29 is 27.2 Å². The maximum absolute atomic E-state index is 14.4. The minimum atomic E-state index is -3.54. The summed E-state index contributed by atoms with van der Waals surface area (Å²) in [5, 5.41) is 0. The van der Waals surface area contributed by atoms with Crippen LogP contribution in [0.3, 0.4) is 0 Å². The zero-order chi connectivity index (χ0) is 40.2. The molecule has 2 aliphatic heterocycles. The van der Waals surface area contributed by atoms with E-state index in [1.54, 1.807) is 0 Å². The third kappa shape index (κ3) is 9.02. The van der Waals surface area contributed by atoms with E-state index in [1.807, 2.05) is 12.1 Å². The fourth-order valence-corrected chi connectivity index (χ4v) is 12.0. The van der Waals surface area contributed by atoms with E-state index in [0.29, 0.717) is 0 Å². The maximum Gasteiger partial charge on any atom is 0.335 e. The molecule has 8 heteroatoms. The number of hydrogen-bond acceptors (Lipinski definition) is 6. The monoisotopic (exact) mass is 784 g/mol. The summed E-state index contributed by atoms with van der Waals surface area (Å²) < 4.78 is 53.7. The highest BCUT2D eigenvalue weighted by molar-refractivity contribution is 7.53. The molecule has 0 aromatic heterocycles. The molecule has 296 valence electrons. The molecule has 0 saturated carbocycles. The topological polar surface area (TPSA) is 71.1 Å². The molecule has 2 saturated heterocycles. The van der Waals surface area contributed by atoms with Gasteiger partial charge in [0.15, 0.2) is 0 Å². The molecule has 4 aromatic carbocycles. The van der Waals surface area contributed by atoms with E-state index in [4.69, 9.17) is 18.1 Å². The van der Waals surface area contributed by atoms with Crippen molar-refractivity contribution in [2.45, 2.75) is 117 Å². The normalized spacial score (nSPS) is 23.9. The third-order valence-electron chi connectivity index (χ3n) is 10.8. The average molecular weight is 785 g/mol. The molecular weight excluding hydrogens is 722 g/mol. The van der Waals surface area contributed by atoms with Crippen LogP contribution < -0.4 is 0 Å². The second-order valence-electron chi connectivity index (χ2n) is 19.9. The van der Waals surface area contributed by atoms with Gasteiger partial charge in [-0.1, -0.05) is 168 Å². The van der Waals surface area contributed by atoms with Gasteiger partial charge >= 0.3 is 15.2 Å². The van der Waals surface area contributed by atoms with Gasteiger partial charge in [0.1, 0.15) is 0 Å². The minimum absolute atomic E-state index is 0.104. The van der Waals surface area contributed by atoms with E-state index in [-0.39, 0.29) is 60.4 Å². The fourth-order valence-electron chi connectivity index (χ4n) is 8.19. The molecule has 1 spiro atoms. The molecule has 2 fully saturated rings. The third-order valence-corrected chi connectivity index (χ3v) is 14.4. The van der Waals surface area contributed by atoms with Gasteiger partial charge in [0, 0.05) is 0 Å². The highest BCUT2D eigenvalue weighted by Crippen LogP contribution is 2.62. The summed E-state index contributed by atoms with van der Waals surface area (Å²) in [5.74, 6) is 0. The van der Waals surface area contributed by atoms with E-state index >= 15 is 0 Å². The van der Waals surface area contributed by atoms with Crippen LogP contribution in [0.4, 0.5) is 0 Å². The Hall–Kier alpha value is -2.82. The summed E-state index contributed by atoms with van der Waals surface area (Å²) in [6.45, 7) is 27.2. The first-order chi connectivity index (χ1) is 25.4. The van der Waals surface area contributed by atoms with Crippen molar-refractivity contribution >= 4 is 15.2 Å². The van der Waals surface area contributed by atoms with Crippen LogP contribution in [0.1, 0.15) is 116 Å². The molecule has 0 aliphatic carbocycles. The Balaban J connectivity index is 1.23. The second kappa shape index (κ2) is 14.8. The number of benzene rings is 4. The molecule has 6 rings (SSSR count). The Kier molecular flexibility index (Phi) is 11.3. The molecular formula is C47H62O6P2. The highest BCUT2D eigenvalue weighted by atomic mass is 31.2. The lowest BCUT2D eigenvalue weighted by Gasteiger charge is -2.43. The lowest BCUT2D eigenvalue weighted by atomic mass is 9.72. The van der Waals surface area contributed by atoms with Gasteiger partial charge < -0.3 is 18.1 Å². The molecule has 6 nitrogen and oxygen atoms in total. The van der Waals surface area contributed by atoms with Crippen LogP contribution in [0.15, 0.2) is 84.9 Å². The minimum Gasteiger partial charge on any atom is -0.307 e. The Morgan fingerprint density at radius 1 is 0.455 bits per heavy atom. The summed E-state index contributed by atoms with van der Waals surface area (Å²) in [5.41, 5.74) is 9.94. The van der Waals surface area contributed by atoms with Gasteiger partial charge in [0.25, 0.3) is 0 Å². The lowest BCUT2D eigenvalue weighted by molar-refractivity contribution is -0.0690. The summed E-state index contributed by atoms with van der Waals surface area (Å²) in [6, 6.07) is 29.5. The molecule has 0 unspecified atom stereocenters. The van der Waals surface area contributed by atoms with Gasteiger partial charge in [0.05, 0.1) is 44.2 Å². The molecule has 2 aliphatic rings. The first-order valence-electron chi connectivity index (χ1n) is 19.6. The molecule has 0 amide bonds. The van der Waals surface area contributed by atoms with Crippen molar-refractivity contribution in [3.05, 3.63) is 118 Å². The van der Waals surface area contributed by atoms with E-state index in [9.17, 15) is 9.13 Å². The molecule has 4 aromatic rings. The van der Waals surface area contributed by atoms with E-state index < -0.39 is 20.6 Å². The maximum atomic E-state index is 14.4. The summed E-state index contributed by atoms with van der Waals surface area (Å²) in [4.78, 5) is 0. The SMILES string of the molecule is CC(C)(C)c1ccc(CP2(=O)OCC3(CO2)COP(=O)(Cc2ccc(C(C)(C)C)c(-c4ccccc4)c2C(C)(C)C)OC3)c(C(C)(C)C)c1-c1ccccc1. The van der Waals surface area contributed by atoms with Gasteiger partial charge in [-0.15, -0.1) is 0 Å². The highest BCUT2D eigenvalue weighted by Gasteiger charge is 2.49. The zero-order valence-electron chi connectivity index (χ0n) is 35.2. The number of hydrogen-bond donors (Lipinski definition) is 0. The predicted octanol–water partition coefficient (Wildman–Crippen LogP) is 13.4. The Morgan fingerprint density at radius 2 is 0.764 bits per heavy atom. The Bertz CT molecular complexity index is 1930. The largest absolute Gasteiger partial charge is 0.335 e. The standard InChI is InChI=1S/C47H62O6P2/c1-43(2,3)37-25-23-35(41(45(7,8)9)39(37)33-19-15-13-16-20-33)27-54(48)50-29-47(30-51-54)31-52-55(49,53-32-47)28-36-24-26-38(44(4,5)6)40(42(36)46(10,11)12)34-21-17-14-18-22-34/h13-26H,27-32H2,1-12H3. The van der Waals surface area contributed by atoms with Crippen molar-refractivity contribution in [2.75, 3.05) is 26.4 Å². The van der Waals surface area contributed by atoms with Gasteiger partial charge in [-0.25, -0.2) is 0 Å². The van der Waals surface area contributed by atoms with Gasteiger partial charge in [-0.3, -0.25) is 9.13 Å². The van der Waals surface area contributed by atoms with Crippen molar-refractivity contribution in [1.82, 2.24) is 0 Å². The van der Waals surface area contributed by atoms with Crippen molar-refractivity contribution in [2.24, 2.45) is 5.41 Å². The van der Waals surface area contributed by atoms with E-state index in [2.05, 4.69) is 156 Å². The molecule has 2 heterocycles. The first-order valence-corrected chi connectivity index (χ1v) is 23.1. The van der Waals surface area contributed by atoms with Gasteiger partial charge in [-0.05, 0) is 77.3 Å². The van der Waals surface area contributed by atoms with Crippen LogP contribution in [0.25, 0.3) is 22.3 Å². The van der Waals surface area contributed by atoms with Crippen LogP contribution in [-0.2, 0) is 61.2 Å². The van der Waals surface area contributed by atoms with E-state index in [0.717, 1.165) is 33.4 Å². The average Bonchev–Trinajstić information content (AvgIpc) is 3.09. The zero-order valence-corrected chi connectivity index (χ0v) is 37.0. The van der Waals surface area contributed by atoms with Gasteiger partial charge in [-0.2, -0.15) is 0 Å². The van der Waals surface area contributed by atoms with Crippen LogP contribution in [0.2, 0.25) is 0 Å². The Morgan fingerprint density at radius 3 is 1.04 bits per heavy atom. The van der Waals surface area contributed by atoms with Crippen LogP contribution in [0, 0.1) is 5.41 Å². The fraction of sp³-hybridized carbons (Fsp3) is 0.489. The molecule has 0 atom stereocenters. The van der Waals surface area contributed by atoms with Crippen LogP contribution in [0.5, 0.6) is 0 Å². The molecule has 0 radical (unpaired) electrons. The van der Waals surface area contributed by atoms with Crippen molar-refractivity contribution in [3.63, 3.8) is 0 Å². The molecule has 55 heavy (non-hydrogen) atoms. The summed E-state index contributed by atoms with van der Waals surface area (Å²) in [6.07, 6.45) is 0.314. The van der Waals surface area contributed by atoms with Crippen molar-refractivity contribution in [1.29, 1.82) is 0 Å². The molecule has 0 N–H and O–H groups in total. The summed E-state index contributed by atoms with van der Waals surface area (Å²) in [7, 11) is -7.08. The van der Waals surface area contributed by atoms with E-state index in [1.165, 1.54) is 22.3 Å². The molecule has 0 bridgehead atoms. The van der Waals surface area contributed by atoms with Crippen molar-refractivity contribution in [3.8, 4) is 22.3 Å².